The topological polar surface area (TPSA) is 40.5 Å². The van der Waals surface area contributed by atoms with Crippen LogP contribution in [0.5, 0.6) is 0 Å². The second-order valence-electron chi connectivity index (χ2n) is 1.90. The third-order valence-corrected chi connectivity index (χ3v) is 1.28. The van der Waals surface area contributed by atoms with Gasteiger partial charge in [-0.05, 0) is 0 Å². The van der Waals surface area contributed by atoms with Gasteiger partial charge in [0, 0.05) is 35.9 Å². The Labute approximate surface area is 101 Å². The molecule has 0 amide bonds. The molecule has 1 aromatic carbocycles. The molecule has 0 bridgehead atoms. The van der Waals surface area contributed by atoms with E-state index in [0.717, 1.165) is 25.3 Å². The van der Waals surface area contributed by atoms with E-state index < -0.39 is 0 Å². The maximum atomic E-state index is 7.00. The van der Waals surface area contributed by atoms with Crippen molar-refractivity contribution in [1.82, 2.24) is 0 Å². The van der Waals surface area contributed by atoms with Gasteiger partial charge in [-0.25, -0.2) is 0 Å². The van der Waals surface area contributed by atoms with E-state index in [9.17, 15) is 0 Å². The fourth-order valence-electron chi connectivity index (χ4n) is 0.733. The summed E-state index contributed by atoms with van der Waals surface area (Å²) in [6.45, 7) is 7.47. The molecule has 1 rings (SSSR count). The van der Waals surface area contributed by atoms with E-state index in [1.54, 1.807) is 0 Å². The fourth-order valence-corrected chi connectivity index (χ4v) is 0.733. The zero-order chi connectivity index (χ0) is 10.7. The molecule has 0 saturated heterocycles. The van der Waals surface area contributed by atoms with E-state index in [0.29, 0.717) is 0 Å². The minimum absolute atomic E-state index is 0. The van der Waals surface area contributed by atoms with Crippen LogP contribution in [-0.2, 0) is 21.7 Å². The van der Waals surface area contributed by atoms with Crippen molar-refractivity contribution in [2.75, 3.05) is 14.2 Å². The largest absolute Gasteiger partial charge is 0.400 e. The zero-order valence-corrected chi connectivity index (χ0v) is 10.3. The van der Waals surface area contributed by atoms with Gasteiger partial charge < -0.3 is 10.2 Å². The first-order valence-corrected chi connectivity index (χ1v) is 3.77. The van der Waals surface area contributed by atoms with Crippen molar-refractivity contribution in [2.24, 2.45) is 0 Å². The molecule has 0 atom stereocenters. The van der Waals surface area contributed by atoms with E-state index in [1.165, 1.54) is 0 Å². The third-order valence-electron chi connectivity index (χ3n) is 1.28. The summed E-state index contributed by atoms with van der Waals surface area (Å²) in [5, 5.41) is 14.0. The molecule has 2 nitrogen and oxygen atoms in total. The van der Waals surface area contributed by atoms with E-state index in [-0.39, 0.29) is 21.7 Å². The molecule has 1 aromatic rings. The van der Waals surface area contributed by atoms with Crippen molar-refractivity contribution in [3.63, 3.8) is 0 Å². The predicted octanol–water partition coefficient (Wildman–Crippen LogP) is 1.73. The van der Waals surface area contributed by atoms with Crippen LogP contribution in [0, 0.1) is 6.92 Å². The Bertz CT molecular complexity index is 224. The van der Waals surface area contributed by atoms with Crippen molar-refractivity contribution < 1.29 is 31.9 Å². The molecule has 0 aliphatic rings. The van der Waals surface area contributed by atoms with Crippen molar-refractivity contribution in [3.05, 3.63) is 48.9 Å². The second-order valence-corrected chi connectivity index (χ2v) is 1.90. The monoisotopic (exact) mass is 229 g/mol. The number of aliphatic hydroxyl groups excluding tert-OH is 2. The molecule has 14 heavy (non-hydrogen) atoms. The van der Waals surface area contributed by atoms with Crippen molar-refractivity contribution in [3.8, 4) is 0 Å². The SMILES string of the molecule is C=Cc1ccccc1[CH2-].CO.CO.[Ti]. The Morgan fingerprint density at radius 3 is 1.86 bits per heavy atom. The molecule has 0 aliphatic heterocycles. The smallest absolute Gasteiger partial charge is 0.0319 e. The number of aliphatic hydroxyl groups is 2. The molecule has 78 valence electrons. The number of hydrogen-bond acceptors (Lipinski definition) is 2. The molecule has 2 N–H and O–H groups in total. The first-order valence-electron chi connectivity index (χ1n) is 3.77. The van der Waals surface area contributed by atoms with Gasteiger partial charge in [-0.1, -0.05) is 6.07 Å². The van der Waals surface area contributed by atoms with Crippen LogP contribution >= 0.6 is 0 Å². The Kier molecular flexibility index (Phi) is 20.4. The molecule has 0 aromatic heterocycles. The molecular formula is C11H17O2Ti-. The van der Waals surface area contributed by atoms with E-state index in [1.807, 2.05) is 30.3 Å². The van der Waals surface area contributed by atoms with Gasteiger partial charge in [0.25, 0.3) is 0 Å². The standard InChI is InChI=1S/C9H9.2CH4O.Ti/c1-3-9-7-5-4-6-8(9)2;2*1-2;/h3-7H,1-2H2;2*2H,1H3;/q-1;;;. The summed E-state index contributed by atoms with van der Waals surface area (Å²) in [5.41, 5.74) is 2.14. The molecular weight excluding hydrogens is 212 g/mol. The van der Waals surface area contributed by atoms with Gasteiger partial charge >= 0.3 is 0 Å². The summed E-state index contributed by atoms with van der Waals surface area (Å²) in [7, 11) is 2.00. The van der Waals surface area contributed by atoms with Crippen LogP contribution in [0.4, 0.5) is 0 Å². The molecule has 0 saturated carbocycles. The predicted molar refractivity (Wildman–Crippen MR) is 57.3 cm³/mol. The van der Waals surface area contributed by atoms with Crippen LogP contribution in [0.1, 0.15) is 11.1 Å². The zero-order valence-electron chi connectivity index (χ0n) is 8.70. The Balaban J connectivity index is -0.000000216. The number of rotatable bonds is 1. The van der Waals surface area contributed by atoms with Crippen molar-refractivity contribution in [1.29, 1.82) is 0 Å². The van der Waals surface area contributed by atoms with E-state index in [2.05, 4.69) is 13.5 Å². The van der Waals surface area contributed by atoms with Crippen molar-refractivity contribution >= 4 is 6.08 Å². The van der Waals surface area contributed by atoms with E-state index >= 15 is 0 Å². The third kappa shape index (κ3) is 8.08. The Morgan fingerprint density at radius 1 is 1.14 bits per heavy atom. The van der Waals surface area contributed by atoms with Crippen LogP contribution in [0.15, 0.2) is 30.8 Å². The minimum Gasteiger partial charge on any atom is -0.400 e. The number of hydrogen-bond donors (Lipinski definition) is 2. The number of benzene rings is 1. The quantitative estimate of drug-likeness (QED) is 0.568. The summed E-state index contributed by atoms with van der Waals surface area (Å²) < 4.78 is 0. The van der Waals surface area contributed by atoms with E-state index in [4.69, 9.17) is 10.2 Å². The normalized spacial score (nSPS) is 6.57. The summed E-state index contributed by atoms with van der Waals surface area (Å²) >= 11 is 0. The van der Waals surface area contributed by atoms with Crippen LogP contribution in [0.2, 0.25) is 0 Å². The summed E-state index contributed by atoms with van der Waals surface area (Å²) in [6, 6.07) is 7.91. The summed E-state index contributed by atoms with van der Waals surface area (Å²) in [4.78, 5) is 0. The van der Waals surface area contributed by atoms with Crippen LogP contribution in [0.3, 0.4) is 0 Å². The molecule has 0 unspecified atom stereocenters. The maximum absolute atomic E-state index is 7.00. The van der Waals surface area contributed by atoms with Crippen LogP contribution in [0.25, 0.3) is 6.08 Å². The molecule has 0 heterocycles. The second kappa shape index (κ2) is 15.0. The molecule has 3 heteroatoms. The van der Waals surface area contributed by atoms with Crippen LogP contribution < -0.4 is 0 Å². The molecule has 0 spiro atoms. The maximum Gasteiger partial charge on any atom is 0.0319 e. The summed E-state index contributed by atoms with van der Waals surface area (Å²) in [6.07, 6.45) is 1.81. The fraction of sp³-hybridized carbons (Fsp3) is 0.182. The van der Waals surface area contributed by atoms with Gasteiger partial charge in [0.05, 0.1) is 0 Å². The Hall–Kier alpha value is -0.536. The van der Waals surface area contributed by atoms with Gasteiger partial charge in [-0.15, -0.1) is 30.4 Å². The average Bonchev–Trinajstić information content (AvgIpc) is 2.24. The van der Waals surface area contributed by atoms with Gasteiger partial charge in [-0.2, -0.15) is 18.6 Å². The van der Waals surface area contributed by atoms with Gasteiger partial charge in [0.15, 0.2) is 0 Å². The first kappa shape index (κ1) is 19.1. The van der Waals surface area contributed by atoms with Crippen LogP contribution in [-0.4, -0.2) is 24.4 Å². The van der Waals surface area contributed by atoms with Gasteiger partial charge in [0.2, 0.25) is 0 Å². The summed E-state index contributed by atoms with van der Waals surface area (Å²) in [5.74, 6) is 0. The van der Waals surface area contributed by atoms with Crippen molar-refractivity contribution in [2.45, 2.75) is 0 Å². The van der Waals surface area contributed by atoms with Gasteiger partial charge in [-0.3, -0.25) is 0 Å². The molecule has 0 radical (unpaired) electrons. The first-order chi connectivity index (χ1) is 6.34. The Morgan fingerprint density at radius 2 is 1.57 bits per heavy atom. The van der Waals surface area contributed by atoms with Gasteiger partial charge in [0.1, 0.15) is 0 Å². The average molecular weight is 229 g/mol. The minimum atomic E-state index is 0. The molecule has 0 fully saturated rings. The molecule has 0 aliphatic carbocycles.